The van der Waals surface area contributed by atoms with Gasteiger partial charge in [-0.15, -0.1) is 0 Å². The van der Waals surface area contributed by atoms with Gasteiger partial charge in [0.05, 0.1) is 0 Å². The number of aryl methyl sites for hydroxylation is 1. The molecule has 1 aliphatic carbocycles. The molecule has 0 bridgehead atoms. The first kappa shape index (κ1) is 21.3. The van der Waals surface area contributed by atoms with E-state index >= 15 is 0 Å². The van der Waals surface area contributed by atoms with Crippen molar-refractivity contribution < 1.29 is 9.59 Å². The van der Waals surface area contributed by atoms with E-state index in [0.29, 0.717) is 0 Å². The Labute approximate surface area is 163 Å². The van der Waals surface area contributed by atoms with Crippen LogP contribution < -0.4 is 15.5 Å². The molecule has 2 amide bonds. The highest BCUT2D eigenvalue weighted by Gasteiger charge is 2.29. The Hall–Kier alpha value is -2.04. The van der Waals surface area contributed by atoms with Crippen LogP contribution in [0.15, 0.2) is 18.2 Å². The molecule has 0 aromatic heterocycles. The van der Waals surface area contributed by atoms with E-state index in [4.69, 9.17) is 0 Å². The smallest absolute Gasteiger partial charge is 0.227 e. The maximum atomic E-state index is 12.7. The van der Waals surface area contributed by atoms with Crippen LogP contribution in [-0.4, -0.2) is 31.4 Å². The maximum absolute atomic E-state index is 12.7. The number of hydrogen-bond donors (Lipinski definition) is 2. The average Bonchev–Trinajstić information content (AvgIpc) is 2.69. The van der Waals surface area contributed by atoms with Crippen molar-refractivity contribution in [3.05, 3.63) is 23.8 Å². The quantitative estimate of drug-likeness (QED) is 0.721. The largest absolute Gasteiger partial charge is 0.372 e. The maximum Gasteiger partial charge on any atom is 0.227 e. The van der Waals surface area contributed by atoms with Gasteiger partial charge in [0, 0.05) is 42.8 Å². The Morgan fingerprint density at radius 3 is 2.11 bits per heavy atom. The molecule has 0 radical (unpaired) electrons. The topological polar surface area (TPSA) is 61.4 Å². The van der Waals surface area contributed by atoms with Crippen LogP contribution in [-0.2, 0) is 9.59 Å². The van der Waals surface area contributed by atoms with Crippen LogP contribution in [0.25, 0.3) is 0 Å². The van der Waals surface area contributed by atoms with Gasteiger partial charge in [-0.1, -0.05) is 6.92 Å². The van der Waals surface area contributed by atoms with E-state index in [0.717, 1.165) is 63.0 Å². The minimum absolute atomic E-state index is 0.00193. The molecule has 0 atom stereocenters. The first-order valence-corrected chi connectivity index (χ1v) is 10.4. The summed E-state index contributed by atoms with van der Waals surface area (Å²) in [6.45, 7) is 11.1. The lowest BCUT2D eigenvalue weighted by molar-refractivity contribution is -0.128. The molecule has 27 heavy (non-hydrogen) atoms. The summed E-state index contributed by atoms with van der Waals surface area (Å²) in [6.07, 6.45) is 4.12. The van der Waals surface area contributed by atoms with Crippen molar-refractivity contribution in [2.24, 2.45) is 11.8 Å². The number of carbonyl (C=O) groups excluding carboxylic acids is 2. The molecule has 0 unspecified atom stereocenters. The number of benzene rings is 1. The fraction of sp³-hybridized carbons (Fsp3) is 0.636. The predicted octanol–water partition coefficient (Wildman–Crippen LogP) is 4.11. The van der Waals surface area contributed by atoms with E-state index in [9.17, 15) is 9.59 Å². The summed E-state index contributed by atoms with van der Waals surface area (Å²) in [4.78, 5) is 27.1. The summed E-state index contributed by atoms with van der Waals surface area (Å²) < 4.78 is 0. The molecular formula is C22H35N3O2. The van der Waals surface area contributed by atoms with E-state index in [1.54, 1.807) is 0 Å². The van der Waals surface area contributed by atoms with Crippen molar-refractivity contribution in [1.29, 1.82) is 0 Å². The second-order valence-electron chi connectivity index (χ2n) is 7.50. The summed E-state index contributed by atoms with van der Waals surface area (Å²) in [7, 11) is 0. The third kappa shape index (κ3) is 5.72. The Balaban J connectivity index is 1.90. The molecule has 2 N–H and O–H groups in total. The van der Waals surface area contributed by atoms with Crippen LogP contribution in [0, 0.1) is 18.8 Å². The van der Waals surface area contributed by atoms with Gasteiger partial charge < -0.3 is 15.5 Å². The standard InChI is InChI=1S/C22H35N3O2/c1-5-14-23-21(26)17-8-10-18(11-9-17)22(27)24-20-13-12-19(15-16(20)4)25(6-2)7-3/h12-13,15,17-18H,5-11,14H2,1-4H3,(H,23,26)(H,24,27). The molecule has 0 aliphatic heterocycles. The summed E-state index contributed by atoms with van der Waals surface area (Å²) in [5.41, 5.74) is 3.16. The van der Waals surface area contributed by atoms with Gasteiger partial charge in [-0.3, -0.25) is 9.59 Å². The van der Waals surface area contributed by atoms with Gasteiger partial charge in [-0.05, 0) is 76.6 Å². The number of anilines is 2. The zero-order valence-corrected chi connectivity index (χ0v) is 17.3. The van der Waals surface area contributed by atoms with Crippen LogP contribution in [0.3, 0.4) is 0 Å². The SMILES string of the molecule is CCCNC(=O)C1CCC(C(=O)Nc2ccc(N(CC)CC)cc2C)CC1. The van der Waals surface area contributed by atoms with Gasteiger partial charge in [0.2, 0.25) is 11.8 Å². The zero-order chi connectivity index (χ0) is 19.8. The zero-order valence-electron chi connectivity index (χ0n) is 17.3. The summed E-state index contributed by atoms with van der Waals surface area (Å²) in [6, 6.07) is 6.22. The van der Waals surface area contributed by atoms with Gasteiger partial charge in [0.25, 0.3) is 0 Å². The first-order valence-electron chi connectivity index (χ1n) is 10.4. The number of hydrogen-bond acceptors (Lipinski definition) is 3. The minimum Gasteiger partial charge on any atom is -0.372 e. The van der Waals surface area contributed by atoms with E-state index in [2.05, 4.69) is 48.4 Å². The molecule has 0 heterocycles. The van der Waals surface area contributed by atoms with Gasteiger partial charge in [-0.2, -0.15) is 0 Å². The number of nitrogens with zero attached hydrogens (tertiary/aromatic N) is 1. The Morgan fingerprint density at radius 1 is 1.00 bits per heavy atom. The number of rotatable bonds is 8. The monoisotopic (exact) mass is 373 g/mol. The molecule has 1 saturated carbocycles. The molecule has 1 aromatic carbocycles. The molecule has 5 heteroatoms. The fourth-order valence-electron chi connectivity index (χ4n) is 3.82. The van der Waals surface area contributed by atoms with Crippen molar-refractivity contribution in [1.82, 2.24) is 5.32 Å². The lowest BCUT2D eigenvalue weighted by atomic mass is 9.81. The molecule has 0 saturated heterocycles. The van der Waals surface area contributed by atoms with E-state index in [1.807, 2.05) is 13.0 Å². The van der Waals surface area contributed by atoms with Crippen LogP contribution >= 0.6 is 0 Å². The summed E-state index contributed by atoms with van der Waals surface area (Å²) >= 11 is 0. The third-order valence-electron chi connectivity index (χ3n) is 5.61. The molecule has 2 rings (SSSR count). The molecular weight excluding hydrogens is 338 g/mol. The molecule has 150 valence electrons. The first-order chi connectivity index (χ1) is 13.0. The summed E-state index contributed by atoms with van der Waals surface area (Å²) in [5.74, 6) is 0.303. The molecule has 1 aromatic rings. The second kappa shape index (κ2) is 10.3. The Morgan fingerprint density at radius 2 is 1.59 bits per heavy atom. The van der Waals surface area contributed by atoms with Crippen molar-refractivity contribution >= 4 is 23.2 Å². The predicted molar refractivity (Wildman–Crippen MR) is 112 cm³/mol. The fourth-order valence-corrected chi connectivity index (χ4v) is 3.82. The van der Waals surface area contributed by atoms with Crippen molar-refractivity contribution in [2.45, 2.75) is 59.8 Å². The van der Waals surface area contributed by atoms with E-state index < -0.39 is 0 Å². The van der Waals surface area contributed by atoms with Crippen molar-refractivity contribution in [3.8, 4) is 0 Å². The highest BCUT2D eigenvalue weighted by molar-refractivity contribution is 5.93. The molecule has 0 spiro atoms. The molecule has 5 nitrogen and oxygen atoms in total. The van der Waals surface area contributed by atoms with Crippen LogP contribution in [0.4, 0.5) is 11.4 Å². The molecule has 1 aliphatic rings. The lowest BCUT2D eigenvalue weighted by Crippen LogP contribution is -2.35. The summed E-state index contributed by atoms with van der Waals surface area (Å²) in [5, 5.41) is 6.08. The minimum atomic E-state index is 0.00193. The lowest BCUT2D eigenvalue weighted by Gasteiger charge is -2.27. The van der Waals surface area contributed by atoms with E-state index in [-0.39, 0.29) is 23.7 Å². The van der Waals surface area contributed by atoms with Gasteiger partial charge in [-0.25, -0.2) is 0 Å². The number of carbonyl (C=O) groups is 2. The number of nitrogens with one attached hydrogen (secondary N) is 2. The number of amides is 2. The highest BCUT2D eigenvalue weighted by atomic mass is 16.2. The van der Waals surface area contributed by atoms with Gasteiger partial charge in [0.15, 0.2) is 0 Å². The molecule has 1 fully saturated rings. The second-order valence-corrected chi connectivity index (χ2v) is 7.50. The van der Waals surface area contributed by atoms with Crippen LogP contribution in [0.2, 0.25) is 0 Å². The normalized spacial score (nSPS) is 19.4. The third-order valence-corrected chi connectivity index (χ3v) is 5.61. The average molecular weight is 374 g/mol. The van der Waals surface area contributed by atoms with Gasteiger partial charge >= 0.3 is 0 Å². The van der Waals surface area contributed by atoms with Crippen LogP contribution in [0.5, 0.6) is 0 Å². The van der Waals surface area contributed by atoms with Crippen molar-refractivity contribution in [3.63, 3.8) is 0 Å². The van der Waals surface area contributed by atoms with E-state index in [1.165, 1.54) is 5.69 Å². The highest BCUT2D eigenvalue weighted by Crippen LogP contribution is 2.30. The Kier molecular flexibility index (Phi) is 8.14. The van der Waals surface area contributed by atoms with Crippen molar-refractivity contribution in [2.75, 3.05) is 29.9 Å². The Bertz CT molecular complexity index is 632. The van der Waals surface area contributed by atoms with Gasteiger partial charge in [0.1, 0.15) is 0 Å². The van der Waals surface area contributed by atoms with Crippen LogP contribution in [0.1, 0.15) is 58.4 Å².